The molecule has 1 saturated heterocycles. The van der Waals surface area contributed by atoms with E-state index in [0.717, 1.165) is 25.2 Å². The van der Waals surface area contributed by atoms with E-state index in [0.29, 0.717) is 5.92 Å². The van der Waals surface area contributed by atoms with E-state index in [9.17, 15) is 0 Å². The molecule has 1 aliphatic heterocycles. The van der Waals surface area contributed by atoms with E-state index in [1.165, 1.54) is 36.7 Å². The number of rotatable bonds is 4. The highest BCUT2D eigenvalue weighted by Gasteiger charge is 2.21. The Labute approximate surface area is 117 Å². The quantitative estimate of drug-likeness (QED) is 0.854. The van der Waals surface area contributed by atoms with Crippen molar-refractivity contribution in [1.82, 2.24) is 24.0 Å². The zero-order chi connectivity index (χ0) is 13.1. The van der Waals surface area contributed by atoms with Crippen LogP contribution in [0.25, 0.3) is 0 Å². The van der Waals surface area contributed by atoms with Crippen LogP contribution in [-0.4, -0.2) is 37.1 Å². The number of imidazole rings is 1. The number of aryl methyl sites for hydroxylation is 1. The van der Waals surface area contributed by atoms with Gasteiger partial charge in [-0.1, -0.05) is 4.49 Å². The van der Waals surface area contributed by atoms with E-state index in [1.54, 1.807) is 0 Å². The standard InChI is InChI=1S/C13H19N5S/c1-17-6-4-14-13(17)7-11-3-2-5-18(8-11)9-12-10-19-16-15-12/h4,6,10-11H,2-3,5,7-9H2,1H3. The molecule has 19 heavy (non-hydrogen) atoms. The molecular formula is C13H19N5S. The third-order valence-electron chi connectivity index (χ3n) is 3.79. The maximum absolute atomic E-state index is 4.43. The lowest BCUT2D eigenvalue weighted by atomic mass is 9.94. The van der Waals surface area contributed by atoms with Crippen LogP contribution in [0.3, 0.4) is 0 Å². The zero-order valence-corrected chi connectivity index (χ0v) is 12.0. The molecule has 3 rings (SSSR count). The van der Waals surface area contributed by atoms with Gasteiger partial charge >= 0.3 is 0 Å². The first-order chi connectivity index (χ1) is 9.31. The fourth-order valence-corrected chi connectivity index (χ4v) is 3.24. The fraction of sp³-hybridized carbons (Fsp3) is 0.615. The van der Waals surface area contributed by atoms with Crippen LogP contribution in [0.1, 0.15) is 24.4 Å². The van der Waals surface area contributed by atoms with Crippen LogP contribution in [-0.2, 0) is 20.0 Å². The Kier molecular flexibility index (Phi) is 3.89. The normalized spacial score (nSPS) is 20.8. The average molecular weight is 277 g/mol. The summed E-state index contributed by atoms with van der Waals surface area (Å²) in [6, 6.07) is 0. The monoisotopic (exact) mass is 277 g/mol. The molecule has 2 aromatic heterocycles. The molecule has 3 heterocycles. The molecule has 0 saturated carbocycles. The van der Waals surface area contributed by atoms with Crippen molar-refractivity contribution in [3.63, 3.8) is 0 Å². The molecule has 2 aromatic rings. The summed E-state index contributed by atoms with van der Waals surface area (Å²) in [4.78, 5) is 6.93. The Bertz CT molecular complexity index is 507. The molecular weight excluding hydrogens is 258 g/mol. The van der Waals surface area contributed by atoms with Gasteiger partial charge in [-0.25, -0.2) is 4.98 Å². The second-order valence-corrected chi connectivity index (χ2v) is 5.91. The van der Waals surface area contributed by atoms with Gasteiger partial charge in [0.1, 0.15) is 5.82 Å². The number of likely N-dealkylation sites (tertiary alicyclic amines) is 1. The predicted octanol–water partition coefficient (Wildman–Crippen LogP) is 1.73. The van der Waals surface area contributed by atoms with Gasteiger partial charge in [-0.2, -0.15) is 0 Å². The van der Waals surface area contributed by atoms with Gasteiger partial charge in [-0.05, 0) is 36.8 Å². The van der Waals surface area contributed by atoms with Crippen LogP contribution in [0, 0.1) is 5.92 Å². The van der Waals surface area contributed by atoms with Gasteiger partial charge in [0.15, 0.2) is 0 Å². The topological polar surface area (TPSA) is 46.8 Å². The molecule has 102 valence electrons. The third kappa shape index (κ3) is 3.19. The molecule has 1 unspecified atom stereocenters. The van der Waals surface area contributed by atoms with E-state index in [2.05, 4.69) is 31.1 Å². The van der Waals surface area contributed by atoms with E-state index >= 15 is 0 Å². The van der Waals surface area contributed by atoms with Crippen LogP contribution in [0.2, 0.25) is 0 Å². The molecule has 6 heteroatoms. The number of nitrogens with zero attached hydrogens (tertiary/aromatic N) is 5. The Hall–Kier alpha value is -1.27. The van der Waals surface area contributed by atoms with Gasteiger partial charge in [-0.3, -0.25) is 4.90 Å². The van der Waals surface area contributed by atoms with Crippen molar-refractivity contribution in [3.05, 3.63) is 29.3 Å². The predicted molar refractivity (Wildman–Crippen MR) is 74.8 cm³/mol. The minimum atomic E-state index is 0.710. The van der Waals surface area contributed by atoms with Crippen molar-refractivity contribution < 1.29 is 0 Å². The Balaban J connectivity index is 1.57. The zero-order valence-electron chi connectivity index (χ0n) is 11.2. The molecule has 0 N–H and O–H groups in total. The van der Waals surface area contributed by atoms with Gasteiger partial charge in [0.05, 0.1) is 5.69 Å². The highest BCUT2D eigenvalue weighted by Crippen LogP contribution is 2.21. The summed E-state index contributed by atoms with van der Waals surface area (Å²) in [5.74, 6) is 1.91. The van der Waals surface area contributed by atoms with Crippen LogP contribution in [0.4, 0.5) is 0 Å². The minimum absolute atomic E-state index is 0.710. The maximum Gasteiger partial charge on any atom is 0.108 e. The molecule has 0 bridgehead atoms. The van der Waals surface area contributed by atoms with Gasteiger partial charge in [0.2, 0.25) is 0 Å². The summed E-state index contributed by atoms with van der Waals surface area (Å²) >= 11 is 1.43. The molecule has 0 spiro atoms. The fourth-order valence-electron chi connectivity index (χ4n) is 2.79. The number of aromatic nitrogens is 4. The second kappa shape index (κ2) is 5.79. The Morgan fingerprint density at radius 1 is 1.47 bits per heavy atom. The van der Waals surface area contributed by atoms with Crippen molar-refractivity contribution in [2.75, 3.05) is 13.1 Å². The van der Waals surface area contributed by atoms with Gasteiger partial charge in [0.25, 0.3) is 0 Å². The summed E-state index contributed by atoms with van der Waals surface area (Å²) in [7, 11) is 2.07. The maximum atomic E-state index is 4.43. The minimum Gasteiger partial charge on any atom is -0.338 e. The largest absolute Gasteiger partial charge is 0.338 e. The molecule has 0 aromatic carbocycles. The number of hydrogen-bond acceptors (Lipinski definition) is 5. The molecule has 1 atom stereocenters. The Morgan fingerprint density at radius 2 is 2.42 bits per heavy atom. The van der Waals surface area contributed by atoms with Gasteiger partial charge < -0.3 is 4.57 Å². The van der Waals surface area contributed by atoms with Crippen molar-refractivity contribution in [2.45, 2.75) is 25.8 Å². The smallest absolute Gasteiger partial charge is 0.108 e. The van der Waals surface area contributed by atoms with Gasteiger partial charge in [-0.15, -0.1) is 5.10 Å². The van der Waals surface area contributed by atoms with Crippen LogP contribution in [0.5, 0.6) is 0 Å². The van der Waals surface area contributed by atoms with Gasteiger partial charge in [0, 0.05) is 44.3 Å². The summed E-state index contributed by atoms with van der Waals surface area (Å²) in [5.41, 5.74) is 1.10. The molecule has 0 amide bonds. The van der Waals surface area contributed by atoms with Crippen molar-refractivity contribution >= 4 is 11.5 Å². The highest BCUT2D eigenvalue weighted by atomic mass is 32.1. The highest BCUT2D eigenvalue weighted by molar-refractivity contribution is 7.03. The number of piperidine rings is 1. The first-order valence-corrected chi connectivity index (χ1v) is 7.59. The summed E-state index contributed by atoms with van der Waals surface area (Å²) < 4.78 is 6.06. The lowest BCUT2D eigenvalue weighted by Gasteiger charge is -2.32. The van der Waals surface area contributed by atoms with Crippen LogP contribution >= 0.6 is 11.5 Å². The molecule has 0 radical (unpaired) electrons. The first-order valence-electron chi connectivity index (χ1n) is 6.76. The molecule has 0 aliphatic carbocycles. The SMILES string of the molecule is Cn1ccnc1CC1CCCN(Cc2csnn2)C1. The molecule has 5 nitrogen and oxygen atoms in total. The first kappa shape index (κ1) is 12.7. The summed E-state index contributed by atoms with van der Waals surface area (Å²) in [6.45, 7) is 3.26. The van der Waals surface area contributed by atoms with Crippen LogP contribution < -0.4 is 0 Å². The van der Waals surface area contributed by atoms with Crippen molar-refractivity contribution in [2.24, 2.45) is 13.0 Å². The molecule has 1 aliphatic rings. The summed E-state index contributed by atoms with van der Waals surface area (Å²) in [5, 5.41) is 6.18. The lowest BCUT2D eigenvalue weighted by Crippen LogP contribution is -2.36. The van der Waals surface area contributed by atoms with Crippen LogP contribution in [0.15, 0.2) is 17.8 Å². The summed E-state index contributed by atoms with van der Waals surface area (Å²) in [6.07, 6.45) is 7.56. The van der Waals surface area contributed by atoms with Crippen molar-refractivity contribution in [1.29, 1.82) is 0 Å². The van der Waals surface area contributed by atoms with E-state index in [1.807, 2.05) is 17.8 Å². The lowest BCUT2D eigenvalue weighted by molar-refractivity contribution is 0.163. The van der Waals surface area contributed by atoms with E-state index < -0.39 is 0 Å². The second-order valence-electron chi connectivity index (χ2n) is 5.30. The van der Waals surface area contributed by atoms with Crippen molar-refractivity contribution in [3.8, 4) is 0 Å². The van der Waals surface area contributed by atoms with E-state index in [4.69, 9.17) is 0 Å². The molecule has 1 fully saturated rings. The average Bonchev–Trinajstić information content (AvgIpc) is 3.03. The van der Waals surface area contributed by atoms with E-state index in [-0.39, 0.29) is 0 Å². The number of hydrogen-bond donors (Lipinski definition) is 0. The third-order valence-corrected chi connectivity index (χ3v) is 4.34. The Morgan fingerprint density at radius 3 is 3.16 bits per heavy atom.